The third-order valence-corrected chi connectivity index (χ3v) is 4.80. The van der Waals surface area contributed by atoms with E-state index in [0.717, 1.165) is 11.3 Å². The molecule has 0 saturated carbocycles. The molecule has 0 atom stereocenters. The Kier molecular flexibility index (Phi) is 4.59. The molecule has 4 rings (SSSR count). The quantitative estimate of drug-likeness (QED) is 0.386. The maximum Gasteiger partial charge on any atom is 0.335 e. The van der Waals surface area contributed by atoms with E-state index in [9.17, 15) is 14.9 Å². The molecule has 146 valence electrons. The topological polar surface area (TPSA) is 86.2 Å². The Balaban J connectivity index is 1.88. The first-order chi connectivity index (χ1) is 14.0. The molecule has 0 radical (unpaired) electrons. The van der Waals surface area contributed by atoms with Crippen LogP contribution in [0.3, 0.4) is 0 Å². The fraction of sp³-hybridized carbons (Fsp3) is 0.143. The van der Waals surface area contributed by atoms with Crippen LogP contribution in [-0.2, 0) is 6.54 Å². The molecule has 0 aliphatic rings. The molecule has 0 aliphatic carbocycles. The summed E-state index contributed by atoms with van der Waals surface area (Å²) in [4.78, 5) is 30.6. The van der Waals surface area contributed by atoms with E-state index in [1.807, 2.05) is 43.3 Å². The highest BCUT2D eigenvalue weighted by molar-refractivity contribution is 5.75. The van der Waals surface area contributed by atoms with Crippen molar-refractivity contribution in [1.29, 1.82) is 0 Å². The van der Waals surface area contributed by atoms with Crippen molar-refractivity contribution < 1.29 is 4.92 Å². The maximum absolute atomic E-state index is 13.3. The molecule has 0 amide bonds. The Morgan fingerprint density at radius 1 is 1.03 bits per heavy atom. The number of fused-ring (bicyclic) bond motifs is 1. The van der Waals surface area contributed by atoms with E-state index < -0.39 is 4.92 Å². The van der Waals surface area contributed by atoms with Gasteiger partial charge in [0.05, 0.1) is 17.0 Å². The fourth-order valence-corrected chi connectivity index (χ4v) is 3.35. The highest BCUT2D eigenvalue weighted by atomic mass is 16.6. The van der Waals surface area contributed by atoms with Crippen molar-refractivity contribution in [1.82, 2.24) is 14.1 Å². The number of hydrogen-bond acceptors (Lipinski definition) is 5. The molecule has 2 aromatic heterocycles. The number of anilines is 1. The van der Waals surface area contributed by atoms with E-state index in [1.165, 1.54) is 10.6 Å². The molecule has 0 bridgehead atoms. The Labute approximate surface area is 166 Å². The number of imidazole rings is 1. The first-order valence-electron chi connectivity index (χ1n) is 9.03. The molecule has 2 heterocycles. The largest absolute Gasteiger partial charge is 0.378 e. The Bertz CT molecular complexity index is 1260. The van der Waals surface area contributed by atoms with Crippen LogP contribution < -0.4 is 10.6 Å². The van der Waals surface area contributed by atoms with Crippen molar-refractivity contribution in [2.75, 3.05) is 19.0 Å². The molecule has 4 aromatic rings. The van der Waals surface area contributed by atoms with E-state index in [-0.39, 0.29) is 17.1 Å². The van der Waals surface area contributed by atoms with Crippen molar-refractivity contribution in [2.24, 2.45) is 0 Å². The van der Waals surface area contributed by atoms with E-state index in [2.05, 4.69) is 4.98 Å². The number of pyridine rings is 1. The second-order valence-corrected chi connectivity index (χ2v) is 6.86. The summed E-state index contributed by atoms with van der Waals surface area (Å²) >= 11 is 0. The SMILES string of the molecule is CN(C)c1ccc(Cn2c(=O)n(-c3ccccc3[N+](=O)[O-])c3ncccc32)cc1. The number of benzene rings is 2. The van der Waals surface area contributed by atoms with Gasteiger partial charge in [0.1, 0.15) is 5.69 Å². The van der Waals surface area contributed by atoms with Crippen LogP contribution in [0.5, 0.6) is 0 Å². The summed E-state index contributed by atoms with van der Waals surface area (Å²) in [7, 11) is 3.93. The molecular formula is C21H19N5O3. The van der Waals surface area contributed by atoms with Crippen molar-refractivity contribution in [3.63, 3.8) is 0 Å². The van der Waals surface area contributed by atoms with Gasteiger partial charge in [-0.15, -0.1) is 0 Å². The molecular weight excluding hydrogens is 370 g/mol. The van der Waals surface area contributed by atoms with Crippen LogP contribution in [0.15, 0.2) is 71.7 Å². The Hall–Kier alpha value is -3.94. The summed E-state index contributed by atoms with van der Waals surface area (Å²) < 4.78 is 2.89. The first-order valence-corrected chi connectivity index (χ1v) is 9.03. The van der Waals surface area contributed by atoms with Gasteiger partial charge in [-0.1, -0.05) is 24.3 Å². The van der Waals surface area contributed by atoms with Gasteiger partial charge < -0.3 is 4.90 Å². The Morgan fingerprint density at radius 3 is 2.45 bits per heavy atom. The number of para-hydroxylation sites is 2. The zero-order chi connectivity index (χ0) is 20.5. The minimum atomic E-state index is -0.492. The van der Waals surface area contributed by atoms with E-state index >= 15 is 0 Å². The maximum atomic E-state index is 13.3. The van der Waals surface area contributed by atoms with Gasteiger partial charge in [-0.2, -0.15) is 0 Å². The number of rotatable bonds is 5. The molecule has 2 aromatic carbocycles. The van der Waals surface area contributed by atoms with Crippen LogP contribution in [0.4, 0.5) is 11.4 Å². The lowest BCUT2D eigenvalue weighted by atomic mass is 10.2. The summed E-state index contributed by atoms with van der Waals surface area (Å²) in [6, 6.07) is 17.6. The third kappa shape index (κ3) is 3.25. The predicted molar refractivity (Wildman–Crippen MR) is 112 cm³/mol. The summed E-state index contributed by atoms with van der Waals surface area (Å²) in [6.45, 7) is 0.336. The lowest BCUT2D eigenvalue weighted by Crippen LogP contribution is -2.24. The average Bonchev–Trinajstić information content (AvgIpc) is 3.00. The molecule has 0 saturated heterocycles. The normalized spacial score (nSPS) is 11.0. The van der Waals surface area contributed by atoms with Crippen LogP contribution in [-0.4, -0.2) is 33.1 Å². The van der Waals surface area contributed by atoms with Gasteiger partial charge in [0, 0.05) is 32.0 Å². The van der Waals surface area contributed by atoms with Crippen LogP contribution in [0.1, 0.15) is 5.56 Å². The lowest BCUT2D eigenvalue weighted by molar-refractivity contribution is -0.384. The molecule has 0 aliphatic heterocycles. The first kappa shape index (κ1) is 18.4. The molecule has 0 N–H and O–H groups in total. The summed E-state index contributed by atoms with van der Waals surface area (Å²) in [5, 5.41) is 11.5. The summed E-state index contributed by atoms with van der Waals surface area (Å²) in [5.41, 5.74) is 2.70. The lowest BCUT2D eigenvalue weighted by Gasteiger charge is -2.12. The van der Waals surface area contributed by atoms with Gasteiger partial charge in [0.15, 0.2) is 5.65 Å². The highest BCUT2D eigenvalue weighted by Gasteiger charge is 2.22. The number of nitrogens with zero attached hydrogens (tertiary/aromatic N) is 5. The van der Waals surface area contributed by atoms with Crippen molar-refractivity contribution >= 4 is 22.5 Å². The van der Waals surface area contributed by atoms with Gasteiger partial charge in [0.2, 0.25) is 0 Å². The van der Waals surface area contributed by atoms with E-state index in [4.69, 9.17) is 0 Å². The molecule has 8 heteroatoms. The molecule has 0 spiro atoms. The molecule has 8 nitrogen and oxygen atoms in total. The third-order valence-electron chi connectivity index (χ3n) is 4.80. The predicted octanol–water partition coefficient (Wildman–Crippen LogP) is 3.21. The van der Waals surface area contributed by atoms with Crippen LogP contribution in [0.25, 0.3) is 16.9 Å². The second kappa shape index (κ2) is 7.23. The van der Waals surface area contributed by atoms with Crippen molar-refractivity contribution in [3.05, 3.63) is 93.0 Å². The monoisotopic (exact) mass is 389 g/mol. The van der Waals surface area contributed by atoms with Crippen molar-refractivity contribution in [2.45, 2.75) is 6.54 Å². The number of nitro benzene ring substituents is 1. The second-order valence-electron chi connectivity index (χ2n) is 6.86. The van der Waals surface area contributed by atoms with Gasteiger partial charge in [0.25, 0.3) is 5.69 Å². The number of hydrogen-bond donors (Lipinski definition) is 0. The minimum absolute atomic E-state index is 0.144. The van der Waals surface area contributed by atoms with Gasteiger partial charge in [-0.25, -0.2) is 14.3 Å². The van der Waals surface area contributed by atoms with Crippen LogP contribution in [0, 0.1) is 10.1 Å². The van der Waals surface area contributed by atoms with Gasteiger partial charge in [-0.05, 0) is 35.9 Å². The van der Waals surface area contributed by atoms with Gasteiger partial charge >= 0.3 is 5.69 Å². The standard InChI is InChI=1S/C21H19N5O3/c1-23(2)16-11-9-15(10-12-16)14-24-19-8-5-13-22-20(19)25(21(24)27)17-6-3-4-7-18(17)26(28)29/h3-13H,14H2,1-2H3. The van der Waals surface area contributed by atoms with Gasteiger partial charge in [-0.3, -0.25) is 14.7 Å². The van der Waals surface area contributed by atoms with E-state index in [1.54, 1.807) is 41.1 Å². The summed E-state index contributed by atoms with van der Waals surface area (Å²) in [6.07, 6.45) is 1.57. The summed E-state index contributed by atoms with van der Waals surface area (Å²) in [5.74, 6) is 0. The number of nitro groups is 1. The fourth-order valence-electron chi connectivity index (χ4n) is 3.35. The highest BCUT2D eigenvalue weighted by Crippen LogP contribution is 2.25. The molecule has 0 unspecified atom stereocenters. The molecule has 0 fully saturated rings. The molecule has 29 heavy (non-hydrogen) atoms. The van der Waals surface area contributed by atoms with Crippen molar-refractivity contribution in [3.8, 4) is 5.69 Å². The minimum Gasteiger partial charge on any atom is -0.378 e. The smallest absolute Gasteiger partial charge is 0.335 e. The zero-order valence-corrected chi connectivity index (χ0v) is 16.0. The average molecular weight is 389 g/mol. The van der Waals surface area contributed by atoms with Crippen LogP contribution in [0.2, 0.25) is 0 Å². The Morgan fingerprint density at radius 2 is 1.76 bits per heavy atom. The zero-order valence-electron chi connectivity index (χ0n) is 16.0. The van der Waals surface area contributed by atoms with E-state index in [0.29, 0.717) is 17.7 Å². The number of aromatic nitrogens is 3. The van der Waals surface area contributed by atoms with Crippen LogP contribution >= 0.6 is 0 Å².